The van der Waals surface area contributed by atoms with Gasteiger partial charge in [0, 0.05) is 5.75 Å². The van der Waals surface area contributed by atoms with E-state index in [0.717, 1.165) is 27.7 Å². The molecule has 1 aromatic heterocycles. The summed E-state index contributed by atoms with van der Waals surface area (Å²) in [6.07, 6.45) is 1.68. The zero-order valence-electron chi connectivity index (χ0n) is 13.4. The van der Waals surface area contributed by atoms with Gasteiger partial charge in [-0.2, -0.15) is 5.26 Å². The Morgan fingerprint density at radius 3 is 2.88 bits per heavy atom. The minimum Gasteiger partial charge on any atom is -0.495 e. The van der Waals surface area contributed by atoms with Crippen LogP contribution in [0.15, 0.2) is 53.9 Å². The van der Waals surface area contributed by atoms with Crippen LogP contribution in [0.5, 0.6) is 5.75 Å². The second-order valence-corrected chi connectivity index (χ2v) is 6.16. The van der Waals surface area contributed by atoms with Crippen molar-refractivity contribution >= 4 is 11.8 Å². The maximum absolute atomic E-state index is 9.20. The van der Waals surface area contributed by atoms with Crippen LogP contribution in [0, 0.1) is 18.3 Å². The van der Waals surface area contributed by atoms with Crippen molar-refractivity contribution in [1.82, 2.24) is 14.8 Å². The van der Waals surface area contributed by atoms with Crippen LogP contribution in [0.3, 0.4) is 0 Å². The van der Waals surface area contributed by atoms with Crippen molar-refractivity contribution in [3.63, 3.8) is 0 Å². The monoisotopic (exact) mass is 336 g/mol. The van der Waals surface area contributed by atoms with Crippen LogP contribution < -0.4 is 4.74 Å². The van der Waals surface area contributed by atoms with Gasteiger partial charge >= 0.3 is 0 Å². The molecule has 5 nitrogen and oxygen atoms in total. The van der Waals surface area contributed by atoms with Gasteiger partial charge in [0.1, 0.15) is 12.1 Å². The average Bonchev–Trinajstić information content (AvgIpc) is 3.08. The quantitative estimate of drug-likeness (QED) is 0.664. The summed E-state index contributed by atoms with van der Waals surface area (Å²) in [4.78, 5) is 0. The summed E-state index contributed by atoms with van der Waals surface area (Å²) >= 11 is 1.54. The van der Waals surface area contributed by atoms with Crippen molar-refractivity contribution in [2.24, 2.45) is 0 Å². The van der Waals surface area contributed by atoms with Gasteiger partial charge in [-0.1, -0.05) is 36.0 Å². The molecule has 0 aliphatic heterocycles. The molecule has 0 N–H and O–H groups in total. The number of nitrogens with zero attached hydrogens (tertiary/aromatic N) is 4. The van der Waals surface area contributed by atoms with Gasteiger partial charge in [-0.3, -0.25) is 4.57 Å². The smallest absolute Gasteiger partial charge is 0.196 e. The Balaban J connectivity index is 1.89. The molecule has 0 fully saturated rings. The topological polar surface area (TPSA) is 63.7 Å². The molecule has 0 amide bonds. The fourth-order valence-electron chi connectivity index (χ4n) is 2.37. The number of hydrogen-bond acceptors (Lipinski definition) is 5. The third-order valence-electron chi connectivity index (χ3n) is 3.60. The van der Waals surface area contributed by atoms with Crippen molar-refractivity contribution in [2.45, 2.75) is 17.8 Å². The normalized spacial score (nSPS) is 10.4. The number of methoxy groups -OCH3 is 1. The highest BCUT2D eigenvalue weighted by Gasteiger charge is 2.13. The first-order valence-electron chi connectivity index (χ1n) is 7.38. The van der Waals surface area contributed by atoms with Gasteiger partial charge in [-0.25, -0.2) is 0 Å². The summed E-state index contributed by atoms with van der Waals surface area (Å²) in [7, 11) is 1.65. The first-order chi connectivity index (χ1) is 11.7. The molecule has 1 heterocycles. The molecule has 0 bridgehead atoms. The predicted octanol–water partition coefficient (Wildman–Crippen LogP) is 3.75. The molecule has 0 saturated carbocycles. The third-order valence-corrected chi connectivity index (χ3v) is 4.60. The average molecular weight is 336 g/mol. The molecular formula is C18H16N4OS. The van der Waals surface area contributed by atoms with E-state index in [1.165, 1.54) is 11.8 Å². The van der Waals surface area contributed by atoms with Gasteiger partial charge in [0.2, 0.25) is 0 Å². The Kier molecular flexibility index (Phi) is 4.82. The van der Waals surface area contributed by atoms with Crippen molar-refractivity contribution < 1.29 is 4.74 Å². The zero-order valence-corrected chi connectivity index (χ0v) is 14.2. The lowest BCUT2D eigenvalue weighted by Gasteiger charge is -2.12. The molecule has 2 aromatic carbocycles. The highest BCUT2D eigenvalue weighted by molar-refractivity contribution is 7.98. The standard InChI is InChI=1S/C18H16N4OS/c1-13-7-8-17(23-2)16(9-13)22-12-20-21-18(22)24-11-15-6-4-3-5-14(15)10-19/h3-9,12H,11H2,1-2H3. The van der Waals surface area contributed by atoms with Gasteiger partial charge in [0.25, 0.3) is 0 Å². The van der Waals surface area contributed by atoms with E-state index < -0.39 is 0 Å². The van der Waals surface area contributed by atoms with Crippen LogP contribution in [-0.4, -0.2) is 21.9 Å². The van der Waals surface area contributed by atoms with Gasteiger partial charge in [-0.15, -0.1) is 10.2 Å². The number of aryl methyl sites for hydroxylation is 1. The molecule has 6 heteroatoms. The van der Waals surface area contributed by atoms with E-state index in [4.69, 9.17) is 4.74 Å². The lowest BCUT2D eigenvalue weighted by molar-refractivity contribution is 0.412. The van der Waals surface area contributed by atoms with Crippen molar-refractivity contribution in [2.75, 3.05) is 7.11 Å². The van der Waals surface area contributed by atoms with Crippen LogP contribution in [0.2, 0.25) is 0 Å². The van der Waals surface area contributed by atoms with E-state index in [9.17, 15) is 5.26 Å². The van der Waals surface area contributed by atoms with Crippen LogP contribution in [-0.2, 0) is 5.75 Å². The largest absolute Gasteiger partial charge is 0.495 e. The van der Waals surface area contributed by atoms with E-state index in [-0.39, 0.29) is 0 Å². The Morgan fingerprint density at radius 1 is 1.25 bits per heavy atom. The molecule has 3 aromatic rings. The van der Waals surface area contributed by atoms with Gasteiger partial charge in [0.05, 0.1) is 24.4 Å². The Hall–Kier alpha value is -2.78. The van der Waals surface area contributed by atoms with Crippen LogP contribution in [0.4, 0.5) is 0 Å². The number of nitriles is 1. The predicted molar refractivity (Wildman–Crippen MR) is 93.4 cm³/mol. The first kappa shape index (κ1) is 16.1. The Bertz CT molecular complexity index is 898. The highest BCUT2D eigenvalue weighted by atomic mass is 32.2. The molecule has 3 rings (SSSR count). The summed E-state index contributed by atoms with van der Waals surface area (Å²) < 4.78 is 7.36. The fourth-order valence-corrected chi connectivity index (χ4v) is 3.30. The van der Waals surface area contributed by atoms with Crippen LogP contribution in [0.1, 0.15) is 16.7 Å². The summed E-state index contributed by atoms with van der Waals surface area (Å²) in [5.41, 5.74) is 3.70. The summed E-state index contributed by atoms with van der Waals surface area (Å²) in [5.74, 6) is 1.41. The molecule has 120 valence electrons. The molecule has 0 aliphatic rings. The third kappa shape index (κ3) is 3.26. The van der Waals surface area contributed by atoms with E-state index in [2.05, 4.69) is 16.3 Å². The maximum atomic E-state index is 9.20. The lowest BCUT2D eigenvalue weighted by Crippen LogP contribution is -2.00. The number of benzene rings is 2. The number of thioether (sulfide) groups is 1. The van der Waals surface area contributed by atoms with Crippen molar-refractivity contribution in [1.29, 1.82) is 5.26 Å². The number of hydrogen-bond donors (Lipinski definition) is 0. The first-order valence-corrected chi connectivity index (χ1v) is 8.37. The van der Waals surface area contributed by atoms with Gasteiger partial charge in [-0.05, 0) is 36.2 Å². The van der Waals surface area contributed by atoms with Crippen molar-refractivity contribution in [3.05, 3.63) is 65.5 Å². The summed E-state index contributed by atoms with van der Waals surface area (Å²) in [6.45, 7) is 2.03. The van der Waals surface area contributed by atoms with Gasteiger partial charge < -0.3 is 4.74 Å². The molecule has 24 heavy (non-hydrogen) atoms. The molecule has 0 saturated heterocycles. The SMILES string of the molecule is COc1ccc(C)cc1-n1cnnc1SCc1ccccc1C#N. The van der Waals surface area contributed by atoms with Gasteiger partial charge in [0.15, 0.2) is 5.16 Å². The second-order valence-electron chi connectivity index (χ2n) is 5.22. The molecule has 0 atom stereocenters. The minimum absolute atomic E-state index is 0.649. The highest BCUT2D eigenvalue weighted by Crippen LogP contribution is 2.29. The number of ether oxygens (including phenoxy) is 1. The second kappa shape index (κ2) is 7.20. The number of aromatic nitrogens is 3. The van der Waals surface area contributed by atoms with Crippen LogP contribution in [0.25, 0.3) is 5.69 Å². The molecule has 0 unspecified atom stereocenters. The van der Waals surface area contributed by atoms with E-state index >= 15 is 0 Å². The minimum atomic E-state index is 0.649. The fraction of sp³-hybridized carbons (Fsp3) is 0.167. The Morgan fingerprint density at radius 2 is 2.08 bits per heavy atom. The lowest BCUT2D eigenvalue weighted by atomic mass is 10.1. The van der Waals surface area contributed by atoms with Crippen molar-refractivity contribution in [3.8, 4) is 17.5 Å². The summed E-state index contributed by atoms with van der Waals surface area (Å²) in [6, 6.07) is 15.8. The molecule has 0 spiro atoms. The Labute approximate surface area is 144 Å². The molecular weight excluding hydrogens is 320 g/mol. The molecule has 0 radical (unpaired) electrons. The van der Waals surface area contributed by atoms with E-state index in [1.54, 1.807) is 13.4 Å². The van der Waals surface area contributed by atoms with E-state index in [0.29, 0.717) is 11.3 Å². The number of rotatable bonds is 5. The summed E-state index contributed by atoms with van der Waals surface area (Å²) in [5, 5.41) is 18.2. The van der Waals surface area contributed by atoms with Crippen LogP contribution >= 0.6 is 11.8 Å². The van der Waals surface area contributed by atoms with E-state index in [1.807, 2.05) is 54.0 Å². The zero-order chi connectivity index (χ0) is 16.9. The maximum Gasteiger partial charge on any atom is 0.196 e. The molecule has 0 aliphatic carbocycles.